The van der Waals surface area contributed by atoms with Crippen molar-refractivity contribution in [1.82, 2.24) is 19.6 Å². The maximum Gasteiger partial charge on any atom is 0.169 e. The SMILES string of the molecule is Cc1cc(C)n(C(c2ccccc2)n2nc(C)cc2C)n1. The van der Waals surface area contributed by atoms with Gasteiger partial charge in [-0.15, -0.1) is 0 Å². The Morgan fingerprint density at radius 3 is 1.62 bits per heavy atom. The van der Waals surface area contributed by atoms with E-state index >= 15 is 0 Å². The molecule has 0 saturated heterocycles. The van der Waals surface area contributed by atoms with Crippen LogP contribution in [0, 0.1) is 27.7 Å². The van der Waals surface area contributed by atoms with Gasteiger partial charge in [-0.1, -0.05) is 30.3 Å². The maximum absolute atomic E-state index is 4.67. The largest absolute Gasteiger partial charge is 0.240 e. The van der Waals surface area contributed by atoms with Crippen molar-refractivity contribution in [3.63, 3.8) is 0 Å². The second-order valence-electron chi connectivity index (χ2n) is 5.53. The molecule has 3 aromatic rings. The summed E-state index contributed by atoms with van der Waals surface area (Å²) in [6.45, 7) is 8.21. The third-order valence-electron chi connectivity index (χ3n) is 3.65. The standard InChI is InChI=1S/C17H20N4/c1-12-10-14(3)20(18-12)17(16-8-6-5-7-9-16)21-15(4)11-13(2)19-21/h5-11,17H,1-4H3. The van der Waals surface area contributed by atoms with Crippen LogP contribution in [-0.2, 0) is 0 Å². The number of hydrogen-bond acceptors (Lipinski definition) is 2. The van der Waals surface area contributed by atoms with Crippen LogP contribution in [0.2, 0.25) is 0 Å². The van der Waals surface area contributed by atoms with Crippen LogP contribution < -0.4 is 0 Å². The van der Waals surface area contributed by atoms with E-state index in [1.165, 1.54) is 5.56 Å². The van der Waals surface area contributed by atoms with Crippen LogP contribution in [-0.4, -0.2) is 19.6 Å². The second-order valence-corrected chi connectivity index (χ2v) is 5.53. The molecule has 0 unspecified atom stereocenters. The molecule has 0 amide bonds. The van der Waals surface area contributed by atoms with Gasteiger partial charge in [0.15, 0.2) is 6.17 Å². The summed E-state index contributed by atoms with van der Waals surface area (Å²) >= 11 is 0. The molecule has 2 aromatic heterocycles. The van der Waals surface area contributed by atoms with Crippen LogP contribution in [0.5, 0.6) is 0 Å². The Bertz CT molecular complexity index is 706. The van der Waals surface area contributed by atoms with Gasteiger partial charge < -0.3 is 0 Å². The summed E-state index contributed by atoms with van der Waals surface area (Å²) in [5.41, 5.74) is 5.49. The molecule has 108 valence electrons. The number of nitrogens with zero attached hydrogens (tertiary/aromatic N) is 4. The lowest BCUT2D eigenvalue weighted by atomic mass is 10.1. The Hall–Kier alpha value is -2.36. The molecule has 21 heavy (non-hydrogen) atoms. The monoisotopic (exact) mass is 280 g/mol. The molecule has 0 radical (unpaired) electrons. The Labute approximate surface area is 125 Å². The predicted molar refractivity (Wildman–Crippen MR) is 83.4 cm³/mol. The van der Waals surface area contributed by atoms with E-state index in [9.17, 15) is 0 Å². The molecule has 4 nitrogen and oxygen atoms in total. The molecule has 2 heterocycles. The van der Waals surface area contributed by atoms with Crippen LogP contribution in [0.4, 0.5) is 0 Å². The van der Waals surface area contributed by atoms with Gasteiger partial charge in [0.1, 0.15) is 0 Å². The van der Waals surface area contributed by atoms with Crippen LogP contribution in [0.15, 0.2) is 42.5 Å². The molecule has 0 bridgehead atoms. The van der Waals surface area contributed by atoms with Gasteiger partial charge >= 0.3 is 0 Å². The Kier molecular flexibility index (Phi) is 3.37. The highest BCUT2D eigenvalue weighted by atomic mass is 15.5. The number of aromatic nitrogens is 4. The fourth-order valence-corrected chi connectivity index (χ4v) is 2.80. The zero-order chi connectivity index (χ0) is 15.0. The molecule has 0 N–H and O–H groups in total. The lowest BCUT2D eigenvalue weighted by molar-refractivity contribution is 0.401. The average Bonchev–Trinajstić information content (AvgIpc) is 2.94. The molecule has 0 aliphatic rings. The second kappa shape index (κ2) is 5.20. The molecule has 0 spiro atoms. The van der Waals surface area contributed by atoms with Crippen molar-refractivity contribution in [1.29, 1.82) is 0 Å². The van der Waals surface area contributed by atoms with E-state index in [2.05, 4.69) is 60.4 Å². The van der Waals surface area contributed by atoms with Crippen LogP contribution in [0.1, 0.15) is 34.5 Å². The summed E-state index contributed by atoms with van der Waals surface area (Å²) in [4.78, 5) is 0. The topological polar surface area (TPSA) is 35.6 Å². The average molecular weight is 280 g/mol. The minimum Gasteiger partial charge on any atom is -0.240 e. The smallest absolute Gasteiger partial charge is 0.169 e. The Balaban J connectivity index is 2.21. The number of aryl methyl sites for hydroxylation is 4. The zero-order valence-corrected chi connectivity index (χ0v) is 12.9. The van der Waals surface area contributed by atoms with Crippen molar-refractivity contribution in [3.8, 4) is 0 Å². The van der Waals surface area contributed by atoms with Crippen molar-refractivity contribution in [3.05, 3.63) is 70.8 Å². The highest BCUT2D eigenvalue weighted by Crippen LogP contribution is 2.23. The van der Waals surface area contributed by atoms with Gasteiger partial charge in [0.05, 0.1) is 11.4 Å². The van der Waals surface area contributed by atoms with Gasteiger partial charge in [-0.3, -0.25) is 0 Å². The highest BCUT2D eigenvalue weighted by molar-refractivity contribution is 5.23. The molecule has 4 heteroatoms. The fourth-order valence-electron chi connectivity index (χ4n) is 2.80. The minimum absolute atomic E-state index is 0.0476. The third kappa shape index (κ3) is 2.49. The Morgan fingerprint density at radius 2 is 1.24 bits per heavy atom. The molecule has 1 aromatic carbocycles. The van der Waals surface area contributed by atoms with E-state index in [0.717, 1.165) is 22.8 Å². The van der Waals surface area contributed by atoms with E-state index in [1.54, 1.807) is 0 Å². The number of rotatable bonds is 3. The molecular weight excluding hydrogens is 260 g/mol. The van der Waals surface area contributed by atoms with Crippen LogP contribution in [0.3, 0.4) is 0 Å². The zero-order valence-electron chi connectivity index (χ0n) is 12.9. The predicted octanol–water partition coefficient (Wildman–Crippen LogP) is 3.41. The third-order valence-corrected chi connectivity index (χ3v) is 3.65. The van der Waals surface area contributed by atoms with Gasteiger partial charge in [0.2, 0.25) is 0 Å². The summed E-state index contributed by atoms with van der Waals surface area (Å²) in [6.07, 6.45) is -0.0476. The highest BCUT2D eigenvalue weighted by Gasteiger charge is 2.21. The number of benzene rings is 1. The van der Waals surface area contributed by atoms with E-state index in [1.807, 2.05) is 29.3 Å². The van der Waals surface area contributed by atoms with Crippen molar-refractivity contribution >= 4 is 0 Å². The summed E-state index contributed by atoms with van der Waals surface area (Å²) in [5.74, 6) is 0. The van der Waals surface area contributed by atoms with Crippen LogP contribution >= 0.6 is 0 Å². The first-order chi connectivity index (χ1) is 10.1. The molecule has 3 rings (SSSR count). The molecule has 0 aliphatic heterocycles. The van der Waals surface area contributed by atoms with Gasteiger partial charge in [0, 0.05) is 11.4 Å². The first-order valence-corrected chi connectivity index (χ1v) is 7.16. The molecule has 0 saturated carbocycles. The summed E-state index contributed by atoms with van der Waals surface area (Å²) in [7, 11) is 0. The molecule has 0 atom stereocenters. The van der Waals surface area contributed by atoms with Crippen molar-refractivity contribution in [2.75, 3.05) is 0 Å². The van der Waals surface area contributed by atoms with E-state index in [0.29, 0.717) is 0 Å². The van der Waals surface area contributed by atoms with E-state index in [4.69, 9.17) is 0 Å². The summed E-state index contributed by atoms with van der Waals surface area (Å²) in [5, 5.41) is 9.34. The van der Waals surface area contributed by atoms with Gasteiger partial charge in [-0.25, -0.2) is 9.36 Å². The van der Waals surface area contributed by atoms with Gasteiger partial charge in [-0.05, 0) is 45.4 Å². The van der Waals surface area contributed by atoms with Crippen molar-refractivity contribution in [2.24, 2.45) is 0 Å². The first kappa shape index (κ1) is 13.6. The summed E-state index contributed by atoms with van der Waals surface area (Å²) in [6, 6.07) is 14.6. The van der Waals surface area contributed by atoms with Gasteiger partial charge in [0.25, 0.3) is 0 Å². The quantitative estimate of drug-likeness (QED) is 0.737. The Morgan fingerprint density at radius 1 is 0.762 bits per heavy atom. The van der Waals surface area contributed by atoms with Crippen molar-refractivity contribution in [2.45, 2.75) is 33.9 Å². The molecule has 0 aliphatic carbocycles. The van der Waals surface area contributed by atoms with E-state index < -0.39 is 0 Å². The van der Waals surface area contributed by atoms with Crippen molar-refractivity contribution < 1.29 is 0 Å². The first-order valence-electron chi connectivity index (χ1n) is 7.16. The molecular formula is C17H20N4. The summed E-state index contributed by atoms with van der Waals surface area (Å²) < 4.78 is 4.09. The maximum atomic E-state index is 4.67. The minimum atomic E-state index is -0.0476. The van der Waals surface area contributed by atoms with E-state index in [-0.39, 0.29) is 6.17 Å². The lowest BCUT2D eigenvalue weighted by Gasteiger charge is -2.22. The normalized spacial score (nSPS) is 11.3. The lowest BCUT2D eigenvalue weighted by Crippen LogP contribution is -2.24. The van der Waals surface area contributed by atoms with Gasteiger partial charge in [-0.2, -0.15) is 10.2 Å². The molecule has 0 fully saturated rings. The van der Waals surface area contributed by atoms with Crippen LogP contribution in [0.25, 0.3) is 0 Å². The fraction of sp³-hybridized carbons (Fsp3) is 0.294. The number of hydrogen-bond donors (Lipinski definition) is 0.